The Morgan fingerprint density at radius 1 is 0.966 bits per heavy atom. The molecule has 1 unspecified atom stereocenters. The lowest BCUT2D eigenvalue weighted by molar-refractivity contribution is 0.0541. The van der Waals surface area contributed by atoms with Gasteiger partial charge < -0.3 is 14.2 Å². The highest BCUT2D eigenvalue weighted by molar-refractivity contribution is 5.69. The zero-order valence-corrected chi connectivity index (χ0v) is 17.5. The molecule has 0 aliphatic rings. The Labute approximate surface area is 173 Å². The Hall–Kier alpha value is -3.08. The summed E-state index contributed by atoms with van der Waals surface area (Å²) in [6.07, 6.45) is 2.76. The number of imidazole rings is 1. The number of carbonyl (C=O) groups is 1. The molecule has 1 heterocycles. The van der Waals surface area contributed by atoms with Gasteiger partial charge in [0.15, 0.2) is 11.9 Å². The van der Waals surface area contributed by atoms with Gasteiger partial charge in [-0.15, -0.1) is 0 Å². The Morgan fingerprint density at radius 3 is 2.14 bits per heavy atom. The molecule has 5 heteroatoms. The lowest BCUT2D eigenvalue weighted by atomic mass is 10.1. The van der Waals surface area contributed by atoms with E-state index in [9.17, 15) is 4.79 Å². The maximum atomic E-state index is 13.0. The minimum Gasteiger partial charge on any atom is -0.433 e. The van der Waals surface area contributed by atoms with E-state index in [4.69, 9.17) is 4.74 Å². The lowest BCUT2D eigenvalue weighted by Gasteiger charge is -2.31. The summed E-state index contributed by atoms with van der Waals surface area (Å²) in [4.78, 5) is 19.4. The molecular weight excluding hydrogens is 362 g/mol. The van der Waals surface area contributed by atoms with Gasteiger partial charge in [-0.1, -0.05) is 60.7 Å². The maximum absolute atomic E-state index is 13.0. The summed E-state index contributed by atoms with van der Waals surface area (Å²) in [6, 6.07) is 20.1. The van der Waals surface area contributed by atoms with Crippen molar-refractivity contribution in [2.45, 2.75) is 52.4 Å². The number of hydrogen-bond acceptors (Lipinski definition) is 3. The molecule has 2 aromatic carbocycles. The SMILES string of the molecule is CC(C)N(C(=O)OC(c1ccccc1)c1nccn1Cc1ccccc1)C(C)C. The van der Waals surface area contributed by atoms with Crippen LogP contribution in [0.1, 0.15) is 50.8 Å². The van der Waals surface area contributed by atoms with Gasteiger partial charge in [0.25, 0.3) is 0 Å². The molecular formula is C24H29N3O2. The average Bonchev–Trinajstić information content (AvgIpc) is 3.15. The highest BCUT2D eigenvalue weighted by atomic mass is 16.6. The van der Waals surface area contributed by atoms with Crippen LogP contribution >= 0.6 is 0 Å². The molecule has 0 spiro atoms. The van der Waals surface area contributed by atoms with Crippen LogP contribution in [0.4, 0.5) is 4.79 Å². The van der Waals surface area contributed by atoms with E-state index in [0.717, 1.165) is 11.1 Å². The summed E-state index contributed by atoms with van der Waals surface area (Å²) in [5.74, 6) is 0.709. The second kappa shape index (κ2) is 9.41. The van der Waals surface area contributed by atoms with E-state index >= 15 is 0 Å². The maximum Gasteiger partial charge on any atom is 0.411 e. The average molecular weight is 392 g/mol. The summed E-state index contributed by atoms with van der Waals surface area (Å²) in [6.45, 7) is 8.64. The molecule has 5 nitrogen and oxygen atoms in total. The molecule has 0 radical (unpaired) electrons. The largest absolute Gasteiger partial charge is 0.433 e. The van der Waals surface area contributed by atoms with Gasteiger partial charge in [-0.25, -0.2) is 9.78 Å². The van der Waals surface area contributed by atoms with Crippen LogP contribution in [0.15, 0.2) is 73.1 Å². The van der Waals surface area contributed by atoms with E-state index in [1.165, 1.54) is 0 Å². The van der Waals surface area contributed by atoms with Gasteiger partial charge in [0.1, 0.15) is 0 Å². The lowest BCUT2D eigenvalue weighted by Crippen LogP contribution is -2.43. The topological polar surface area (TPSA) is 47.4 Å². The summed E-state index contributed by atoms with van der Waals surface area (Å²) >= 11 is 0. The number of benzene rings is 2. The zero-order valence-electron chi connectivity index (χ0n) is 17.5. The number of hydrogen-bond donors (Lipinski definition) is 0. The third kappa shape index (κ3) is 5.05. The third-order valence-electron chi connectivity index (χ3n) is 4.82. The highest BCUT2D eigenvalue weighted by Crippen LogP contribution is 2.27. The van der Waals surface area contributed by atoms with E-state index in [2.05, 4.69) is 17.1 Å². The number of amides is 1. The molecule has 0 fully saturated rings. The number of ether oxygens (including phenoxy) is 1. The van der Waals surface area contributed by atoms with Crippen LogP contribution in [0.5, 0.6) is 0 Å². The molecule has 0 bridgehead atoms. The number of rotatable bonds is 7. The van der Waals surface area contributed by atoms with Gasteiger partial charge >= 0.3 is 6.09 Å². The molecule has 1 atom stereocenters. The first-order chi connectivity index (χ1) is 14.0. The van der Waals surface area contributed by atoms with Gasteiger partial charge in [0, 0.05) is 36.6 Å². The quantitative estimate of drug-likeness (QED) is 0.551. The molecule has 0 N–H and O–H groups in total. The third-order valence-corrected chi connectivity index (χ3v) is 4.82. The van der Waals surface area contributed by atoms with Crippen LogP contribution in [-0.2, 0) is 11.3 Å². The van der Waals surface area contributed by atoms with Gasteiger partial charge in [-0.2, -0.15) is 0 Å². The fourth-order valence-electron chi connectivity index (χ4n) is 3.55. The predicted octanol–water partition coefficient (Wildman–Crippen LogP) is 5.28. The monoisotopic (exact) mass is 391 g/mol. The Bertz CT molecular complexity index is 896. The van der Waals surface area contributed by atoms with Crippen molar-refractivity contribution in [3.63, 3.8) is 0 Å². The Kier molecular flexibility index (Phi) is 6.70. The fourth-order valence-corrected chi connectivity index (χ4v) is 3.55. The van der Waals surface area contributed by atoms with E-state index in [0.29, 0.717) is 12.4 Å². The second-order valence-corrected chi connectivity index (χ2v) is 7.67. The highest BCUT2D eigenvalue weighted by Gasteiger charge is 2.29. The van der Waals surface area contributed by atoms with Gasteiger partial charge in [-0.05, 0) is 33.3 Å². The van der Waals surface area contributed by atoms with Crippen LogP contribution in [0, 0.1) is 0 Å². The van der Waals surface area contributed by atoms with Crippen LogP contribution in [0.25, 0.3) is 0 Å². The second-order valence-electron chi connectivity index (χ2n) is 7.67. The molecule has 3 aromatic rings. The van der Waals surface area contributed by atoms with Crippen molar-refractivity contribution < 1.29 is 9.53 Å². The van der Waals surface area contributed by atoms with Crippen LogP contribution in [0.2, 0.25) is 0 Å². The molecule has 0 saturated carbocycles. The molecule has 3 rings (SSSR count). The van der Waals surface area contributed by atoms with Crippen molar-refractivity contribution in [1.82, 2.24) is 14.5 Å². The van der Waals surface area contributed by atoms with E-state index in [1.54, 1.807) is 11.1 Å². The zero-order chi connectivity index (χ0) is 20.8. The van der Waals surface area contributed by atoms with Gasteiger partial charge in [-0.3, -0.25) is 0 Å². The summed E-state index contributed by atoms with van der Waals surface area (Å²) in [5.41, 5.74) is 2.06. The first-order valence-corrected chi connectivity index (χ1v) is 10.1. The van der Waals surface area contributed by atoms with Crippen molar-refractivity contribution >= 4 is 6.09 Å². The number of aromatic nitrogens is 2. The molecule has 29 heavy (non-hydrogen) atoms. The van der Waals surface area contributed by atoms with Crippen molar-refractivity contribution in [3.05, 3.63) is 90.0 Å². The van der Waals surface area contributed by atoms with Crippen LogP contribution in [-0.4, -0.2) is 32.6 Å². The first-order valence-electron chi connectivity index (χ1n) is 10.1. The Balaban J connectivity index is 1.94. The van der Waals surface area contributed by atoms with Gasteiger partial charge in [0.2, 0.25) is 0 Å². The molecule has 0 aliphatic carbocycles. The van der Waals surface area contributed by atoms with E-state index in [1.807, 2.05) is 87.0 Å². The predicted molar refractivity (Wildman–Crippen MR) is 115 cm³/mol. The van der Waals surface area contributed by atoms with E-state index in [-0.39, 0.29) is 18.2 Å². The molecule has 0 aliphatic heterocycles. The van der Waals surface area contributed by atoms with E-state index < -0.39 is 6.10 Å². The molecule has 152 valence electrons. The fraction of sp³-hybridized carbons (Fsp3) is 0.333. The van der Waals surface area contributed by atoms with Crippen molar-refractivity contribution in [3.8, 4) is 0 Å². The van der Waals surface area contributed by atoms with Crippen molar-refractivity contribution in [2.75, 3.05) is 0 Å². The molecule has 0 saturated heterocycles. The Morgan fingerprint density at radius 2 is 1.55 bits per heavy atom. The number of nitrogens with zero attached hydrogens (tertiary/aromatic N) is 3. The molecule has 1 amide bonds. The smallest absolute Gasteiger partial charge is 0.411 e. The minimum absolute atomic E-state index is 0.0444. The van der Waals surface area contributed by atoms with Crippen molar-refractivity contribution in [2.24, 2.45) is 0 Å². The summed E-state index contributed by atoms with van der Waals surface area (Å²) in [5, 5.41) is 0. The van der Waals surface area contributed by atoms with Crippen molar-refractivity contribution in [1.29, 1.82) is 0 Å². The summed E-state index contributed by atoms with van der Waals surface area (Å²) in [7, 11) is 0. The molecule has 1 aromatic heterocycles. The standard InChI is InChI=1S/C24H29N3O2/c1-18(2)27(19(3)4)24(28)29-22(21-13-9-6-10-14-21)23-25-15-16-26(23)17-20-11-7-5-8-12-20/h5-16,18-19,22H,17H2,1-4H3. The minimum atomic E-state index is -0.581. The number of carbonyl (C=O) groups excluding carboxylic acids is 1. The van der Waals surface area contributed by atoms with Gasteiger partial charge in [0.05, 0.1) is 0 Å². The van der Waals surface area contributed by atoms with Crippen LogP contribution in [0.3, 0.4) is 0 Å². The first kappa shape index (κ1) is 20.6. The summed E-state index contributed by atoms with van der Waals surface area (Å²) < 4.78 is 8.08. The normalized spacial score (nSPS) is 12.2. The van der Waals surface area contributed by atoms with Crippen LogP contribution < -0.4 is 0 Å².